The highest BCUT2D eigenvalue weighted by Crippen LogP contribution is 2.30. The third-order valence-electron chi connectivity index (χ3n) is 5.68. The quantitative estimate of drug-likeness (QED) is 0.0908. The molecule has 0 saturated carbocycles. The Labute approximate surface area is 224 Å². The van der Waals surface area contributed by atoms with Crippen LogP contribution in [-0.4, -0.2) is 59.2 Å². The summed E-state index contributed by atoms with van der Waals surface area (Å²) >= 11 is 0. The first-order valence-electron chi connectivity index (χ1n) is 12.2. The molecule has 8 heteroatoms. The Bertz CT molecular complexity index is 1070. The van der Waals surface area contributed by atoms with Crippen molar-refractivity contribution in [2.75, 3.05) is 47.3 Å². The molecule has 204 valence electrons. The zero-order valence-corrected chi connectivity index (χ0v) is 22.3. The van der Waals surface area contributed by atoms with E-state index in [1.807, 2.05) is 0 Å². The van der Waals surface area contributed by atoms with Gasteiger partial charge in [0.1, 0.15) is 5.75 Å². The minimum atomic E-state index is -0.550. The minimum Gasteiger partial charge on any atom is -0.493 e. The molecule has 0 heterocycles. The molecule has 0 amide bonds. The number of methoxy groups -OCH3 is 2. The second-order valence-electron chi connectivity index (χ2n) is 8.43. The number of carbonyl (C=O) groups is 2. The average molecular weight is 525 g/mol. The Morgan fingerprint density at radius 1 is 0.895 bits per heavy atom. The maximum absolute atomic E-state index is 12.7. The standard InChI is InChI=1S/C30H36O8/c1-6-17-35-20-30(8-3,21-36-18-7-2)22-37-25-13-11-24(12-14-25)29(32)38-26-15-9-23(19-27(26)33-4)10-16-28(31)34-5/h6-7,9-16,19H,1-2,8,17-18,20-22H2,3-5H3/b16-10+. The van der Waals surface area contributed by atoms with Crippen LogP contribution in [0.5, 0.6) is 17.2 Å². The lowest BCUT2D eigenvalue weighted by molar-refractivity contribution is -0.134. The third-order valence-corrected chi connectivity index (χ3v) is 5.68. The lowest BCUT2D eigenvalue weighted by Crippen LogP contribution is -2.38. The molecule has 0 N–H and O–H groups in total. The van der Waals surface area contributed by atoms with Gasteiger partial charge in [-0.15, -0.1) is 13.2 Å². The highest BCUT2D eigenvalue weighted by atomic mass is 16.6. The fraction of sp³-hybridized carbons (Fsp3) is 0.333. The Hall–Kier alpha value is -3.88. The molecule has 2 aromatic carbocycles. The fourth-order valence-corrected chi connectivity index (χ4v) is 3.34. The number of carbonyl (C=O) groups excluding carboxylic acids is 2. The van der Waals surface area contributed by atoms with E-state index < -0.39 is 11.9 Å². The maximum atomic E-state index is 12.7. The molecular formula is C30H36O8. The first-order chi connectivity index (χ1) is 18.4. The molecule has 0 atom stereocenters. The van der Waals surface area contributed by atoms with Crippen LogP contribution in [0.1, 0.15) is 29.3 Å². The SMILES string of the molecule is C=CCOCC(CC)(COCC=C)COc1ccc(C(=O)Oc2ccc(/C=C/C(=O)OC)cc2OC)cc1. The molecule has 0 aliphatic carbocycles. The number of esters is 2. The van der Waals surface area contributed by atoms with Crippen molar-refractivity contribution in [1.82, 2.24) is 0 Å². The Morgan fingerprint density at radius 2 is 1.55 bits per heavy atom. The first kappa shape index (κ1) is 30.3. The molecule has 38 heavy (non-hydrogen) atoms. The zero-order chi connectivity index (χ0) is 27.8. The van der Waals surface area contributed by atoms with Crippen LogP contribution in [0, 0.1) is 5.41 Å². The summed E-state index contributed by atoms with van der Waals surface area (Å²) in [6, 6.07) is 11.6. The Balaban J connectivity index is 2.05. The third kappa shape index (κ3) is 9.53. The number of benzene rings is 2. The molecule has 0 aliphatic heterocycles. The second-order valence-corrected chi connectivity index (χ2v) is 8.43. The van der Waals surface area contributed by atoms with E-state index in [2.05, 4.69) is 24.8 Å². The van der Waals surface area contributed by atoms with Crippen molar-refractivity contribution < 1.29 is 38.0 Å². The van der Waals surface area contributed by atoms with Crippen molar-refractivity contribution >= 4 is 18.0 Å². The Morgan fingerprint density at radius 3 is 2.11 bits per heavy atom. The molecule has 2 aromatic rings. The molecule has 0 spiro atoms. The van der Waals surface area contributed by atoms with Crippen LogP contribution in [0.15, 0.2) is 73.9 Å². The van der Waals surface area contributed by atoms with Gasteiger partial charge in [0, 0.05) is 6.08 Å². The van der Waals surface area contributed by atoms with Crippen LogP contribution in [0.25, 0.3) is 6.08 Å². The highest BCUT2D eigenvalue weighted by molar-refractivity contribution is 5.91. The molecule has 0 radical (unpaired) electrons. The van der Waals surface area contributed by atoms with Gasteiger partial charge in [0.25, 0.3) is 0 Å². The average Bonchev–Trinajstić information content (AvgIpc) is 2.95. The van der Waals surface area contributed by atoms with Gasteiger partial charge in [-0.1, -0.05) is 25.1 Å². The molecule has 0 aromatic heterocycles. The molecular weight excluding hydrogens is 488 g/mol. The highest BCUT2D eigenvalue weighted by Gasteiger charge is 2.30. The van der Waals surface area contributed by atoms with Gasteiger partial charge in [0.05, 0.1) is 58.2 Å². The number of ether oxygens (including phenoxy) is 6. The van der Waals surface area contributed by atoms with Crippen molar-refractivity contribution in [2.45, 2.75) is 13.3 Å². The van der Waals surface area contributed by atoms with E-state index in [0.29, 0.717) is 55.7 Å². The summed E-state index contributed by atoms with van der Waals surface area (Å²) in [4.78, 5) is 24.1. The summed E-state index contributed by atoms with van der Waals surface area (Å²) in [5, 5.41) is 0. The summed E-state index contributed by atoms with van der Waals surface area (Å²) in [6.45, 7) is 11.6. The van der Waals surface area contributed by atoms with Gasteiger partial charge < -0.3 is 28.4 Å². The van der Waals surface area contributed by atoms with Crippen molar-refractivity contribution in [3.63, 3.8) is 0 Å². The summed E-state index contributed by atoms with van der Waals surface area (Å²) in [5.74, 6) is 0.171. The van der Waals surface area contributed by atoms with Gasteiger partial charge in [0.15, 0.2) is 11.5 Å². The second kappa shape index (κ2) is 16.1. The van der Waals surface area contributed by atoms with Crippen LogP contribution in [0.3, 0.4) is 0 Å². The molecule has 2 rings (SSSR count). The number of rotatable bonds is 17. The topological polar surface area (TPSA) is 89.5 Å². The Kier molecular flexibility index (Phi) is 12.8. The van der Waals surface area contributed by atoms with Crippen LogP contribution in [-0.2, 0) is 19.0 Å². The van der Waals surface area contributed by atoms with Gasteiger partial charge in [-0.2, -0.15) is 0 Å². The molecule has 0 fully saturated rings. The van der Waals surface area contributed by atoms with E-state index in [-0.39, 0.29) is 11.2 Å². The molecule has 0 aliphatic rings. The lowest BCUT2D eigenvalue weighted by Gasteiger charge is -2.32. The number of hydrogen-bond acceptors (Lipinski definition) is 8. The molecule has 0 bridgehead atoms. The van der Waals surface area contributed by atoms with E-state index in [1.165, 1.54) is 20.3 Å². The van der Waals surface area contributed by atoms with Gasteiger partial charge in [-0.25, -0.2) is 9.59 Å². The van der Waals surface area contributed by atoms with Crippen molar-refractivity contribution in [1.29, 1.82) is 0 Å². The van der Waals surface area contributed by atoms with E-state index in [0.717, 1.165) is 6.42 Å². The lowest BCUT2D eigenvalue weighted by atomic mass is 9.88. The smallest absolute Gasteiger partial charge is 0.343 e. The molecule has 0 unspecified atom stereocenters. The maximum Gasteiger partial charge on any atom is 0.343 e. The molecule has 0 saturated heterocycles. The van der Waals surface area contributed by atoms with Crippen molar-refractivity contribution in [3.05, 3.63) is 85.0 Å². The van der Waals surface area contributed by atoms with Crippen LogP contribution < -0.4 is 14.2 Å². The number of hydrogen-bond donors (Lipinski definition) is 0. The van der Waals surface area contributed by atoms with Gasteiger partial charge in [-0.3, -0.25) is 0 Å². The molecule has 8 nitrogen and oxygen atoms in total. The van der Waals surface area contributed by atoms with E-state index in [4.69, 9.17) is 23.7 Å². The zero-order valence-electron chi connectivity index (χ0n) is 22.3. The first-order valence-corrected chi connectivity index (χ1v) is 12.2. The van der Waals surface area contributed by atoms with E-state index in [1.54, 1.807) is 60.7 Å². The van der Waals surface area contributed by atoms with Crippen molar-refractivity contribution in [2.24, 2.45) is 5.41 Å². The van der Waals surface area contributed by atoms with Gasteiger partial charge >= 0.3 is 11.9 Å². The van der Waals surface area contributed by atoms with E-state index >= 15 is 0 Å². The van der Waals surface area contributed by atoms with Crippen LogP contribution >= 0.6 is 0 Å². The monoisotopic (exact) mass is 524 g/mol. The predicted octanol–water partition coefficient (Wildman–Crippen LogP) is 5.28. The van der Waals surface area contributed by atoms with Gasteiger partial charge in [-0.05, 0) is 54.5 Å². The minimum absolute atomic E-state index is 0.250. The summed E-state index contributed by atoms with van der Waals surface area (Å²) < 4.78 is 33.0. The fourth-order valence-electron chi connectivity index (χ4n) is 3.34. The van der Waals surface area contributed by atoms with Gasteiger partial charge in [0.2, 0.25) is 0 Å². The summed E-state index contributed by atoms with van der Waals surface area (Å²) in [5.41, 5.74) is 0.680. The van der Waals surface area contributed by atoms with Crippen LogP contribution in [0.4, 0.5) is 0 Å². The predicted molar refractivity (Wildman–Crippen MR) is 146 cm³/mol. The summed E-state index contributed by atoms with van der Waals surface area (Å²) in [6.07, 6.45) is 7.05. The van der Waals surface area contributed by atoms with Crippen molar-refractivity contribution in [3.8, 4) is 17.2 Å². The normalized spacial score (nSPS) is 11.1. The van der Waals surface area contributed by atoms with Crippen LogP contribution in [0.2, 0.25) is 0 Å². The summed E-state index contributed by atoms with van der Waals surface area (Å²) in [7, 11) is 2.77. The largest absolute Gasteiger partial charge is 0.493 e. The van der Waals surface area contributed by atoms with E-state index in [9.17, 15) is 9.59 Å².